The van der Waals surface area contributed by atoms with E-state index in [0.29, 0.717) is 18.8 Å². The van der Waals surface area contributed by atoms with Crippen molar-refractivity contribution in [1.82, 2.24) is 4.98 Å². The topological polar surface area (TPSA) is 96.6 Å². The second kappa shape index (κ2) is 5.95. The molecular weight excluding hydrogens is 238 g/mol. The summed E-state index contributed by atoms with van der Waals surface area (Å²) in [6.45, 7) is 5.16. The van der Waals surface area contributed by atoms with E-state index in [9.17, 15) is 14.9 Å². The molecule has 1 N–H and O–H groups in total. The SMILES string of the molecule is CCCN(CC)c1cnc([N+](=O)[O-])cc1C(=O)O. The molecule has 1 aromatic heterocycles. The summed E-state index contributed by atoms with van der Waals surface area (Å²) in [6, 6.07) is 0.996. The van der Waals surface area contributed by atoms with Gasteiger partial charge in [0.15, 0.2) is 6.20 Å². The summed E-state index contributed by atoms with van der Waals surface area (Å²) in [6.07, 6.45) is 2.10. The van der Waals surface area contributed by atoms with E-state index >= 15 is 0 Å². The normalized spacial score (nSPS) is 10.1. The first-order valence-electron chi connectivity index (χ1n) is 5.63. The average molecular weight is 253 g/mol. The van der Waals surface area contributed by atoms with Crippen LogP contribution >= 0.6 is 0 Å². The van der Waals surface area contributed by atoms with Crippen LogP contribution in [-0.4, -0.2) is 34.1 Å². The molecule has 0 aliphatic carbocycles. The molecule has 98 valence electrons. The minimum absolute atomic E-state index is 0.0907. The summed E-state index contributed by atoms with van der Waals surface area (Å²) in [5.74, 6) is -1.64. The highest BCUT2D eigenvalue weighted by atomic mass is 16.6. The molecule has 7 heteroatoms. The Balaban J connectivity index is 3.26. The lowest BCUT2D eigenvalue weighted by molar-refractivity contribution is -0.389. The number of nitrogens with zero attached hydrogens (tertiary/aromatic N) is 3. The van der Waals surface area contributed by atoms with Gasteiger partial charge in [-0.25, -0.2) is 4.79 Å². The molecule has 0 saturated heterocycles. The van der Waals surface area contributed by atoms with Crippen LogP contribution in [0.25, 0.3) is 0 Å². The van der Waals surface area contributed by atoms with Gasteiger partial charge in [0.05, 0.1) is 17.3 Å². The zero-order chi connectivity index (χ0) is 13.7. The van der Waals surface area contributed by atoms with Gasteiger partial charge in [-0.05, 0) is 23.3 Å². The number of aromatic nitrogens is 1. The minimum atomic E-state index is -1.19. The smallest absolute Gasteiger partial charge is 0.364 e. The number of hydrogen-bond donors (Lipinski definition) is 1. The molecule has 0 atom stereocenters. The molecule has 0 unspecified atom stereocenters. The fourth-order valence-electron chi connectivity index (χ4n) is 1.68. The number of carboxylic acids is 1. The molecule has 1 heterocycles. The maximum atomic E-state index is 11.1. The second-order valence-electron chi connectivity index (χ2n) is 3.70. The maximum Gasteiger partial charge on any atom is 0.364 e. The number of carboxylic acid groups (broad SMARTS) is 1. The lowest BCUT2D eigenvalue weighted by Crippen LogP contribution is -2.25. The Bertz CT molecular complexity index is 462. The predicted molar refractivity (Wildman–Crippen MR) is 66.0 cm³/mol. The largest absolute Gasteiger partial charge is 0.478 e. The number of anilines is 1. The van der Waals surface area contributed by atoms with Gasteiger partial charge in [0.2, 0.25) is 0 Å². The Morgan fingerprint density at radius 3 is 2.67 bits per heavy atom. The molecule has 7 nitrogen and oxygen atoms in total. The van der Waals surface area contributed by atoms with Crippen LogP contribution in [0.1, 0.15) is 30.6 Å². The van der Waals surface area contributed by atoms with Crippen LogP contribution in [-0.2, 0) is 0 Å². The van der Waals surface area contributed by atoms with Crippen LogP contribution in [0, 0.1) is 10.1 Å². The minimum Gasteiger partial charge on any atom is -0.478 e. The van der Waals surface area contributed by atoms with Crippen molar-refractivity contribution < 1.29 is 14.8 Å². The average Bonchev–Trinajstić information content (AvgIpc) is 2.35. The van der Waals surface area contributed by atoms with Gasteiger partial charge in [0, 0.05) is 13.1 Å². The molecular formula is C11H15N3O4. The highest BCUT2D eigenvalue weighted by Crippen LogP contribution is 2.23. The van der Waals surface area contributed by atoms with Crippen molar-refractivity contribution in [3.8, 4) is 0 Å². The molecule has 0 aliphatic rings. The van der Waals surface area contributed by atoms with Crippen LogP contribution in [0.15, 0.2) is 12.3 Å². The molecule has 0 fully saturated rings. The van der Waals surface area contributed by atoms with E-state index in [-0.39, 0.29) is 5.56 Å². The van der Waals surface area contributed by atoms with E-state index in [0.717, 1.165) is 12.5 Å². The molecule has 0 aromatic carbocycles. The van der Waals surface area contributed by atoms with E-state index in [4.69, 9.17) is 5.11 Å². The van der Waals surface area contributed by atoms with Gasteiger partial charge >= 0.3 is 11.8 Å². The monoisotopic (exact) mass is 253 g/mol. The first-order chi connectivity index (χ1) is 8.51. The summed E-state index contributed by atoms with van der Waals surface area (Å²) < 4.78 is 0. The Labute approximate surface area is 104 Å². The van der Waals surface area contributed by atoms with E-state index in [1.807, 2.05) is 18.7 Å². The number of aromatic carboxylic acids is 1. The molecule has 18 heavy (non-hydrogen) atoms. The van der Waals surface area contributed by atoms with Crippen molar-refractivity contribution in [1.29, 1.82) is 0 Å². The van der Waals surface area contributed by atoms with Crippen LogP contribution < -0.4 is 4.90 Å². The molecule has 0 spiro atoms. The Kier molecular flexibility index (Phi) is 4.59. The Morgan fingerprint density at radius 2 is 2.22 bits per heavy atom. The lowest BCUT2D eigenvalue weighted by Gasteiger charge is -2.22. The number of nitro groups is 1. The van der Waals surface area contributed by atoms with Crippen molar-refractivity contribution in [2.24, 2.45) is 0 Å². The Hall–Kier alpha value is -2.18. The third-order valence-electron chi connectivity index (χ3n) is 2.50. The van der Waals surface area contributed by atoms with Gasteiger partial charge in [-0.3, -0.25) is 0 Å². The highest BCUT2D eigenvalue weighted by molar-refractivity contribution is 5.94. The van der Waals surface area contributed by atoms with Crippen molar-refractivity contribution in [2.45, 2.75) is 20.3 Å². The molecule has 0 amide bonds. The first-order valence-corrected chi connectivity index (χ1v) is 5.63. The number of pyridine rings is 1. The van der Waals surface area contributed by atoms with Crippen LogP contribution in [0.3, 0.4) is 0 Å². The summed E-state index contributed by atoms with van der Waals surface area (Å²) in [7, 11) is 0. The van der Waals surface area contributed by atoms with E-state index in [1.165, 1.54) is 6.20 Å². The highest BCUT2D eigenvalue weighted by Gasteiger charge is 2.21. The summed E-state index contributed by atoms with van der Waals surface area (Å²) in [4.78, 5) is 26.5. The van der Waals surface area contributed by atoms with E-state index in [2.05, 4.69) is 4.98 Å². The van der Waals surface area contributed by atoms with Gasteiger partial charge < -0.3 is 20.1 Å². The van der Waals surface area contributed by atoms with Gasteiger partial charge in [0.1, 0.15) is 0 Å². The first kappa shape index (κ1) is 13.9. The van der Waals surface area contributed by atoms with Crippen molar-refractivity contribution in [3.63, 3.8) is 0 Å². The third kappa shape index (κ3) is 2.93. The summed E-state index contributed by atoms with van der Waals surface area (Å²) in [5.41, 5.74) is 0.324. The second-order valence-corrected chi connectivity index (χ2v) is 3.70. The van der Waals surface area contributed by atoms with Crippen LogP contribution in [0.2, 0.25) is 0 Å². The number of rotatable bonds is 6. The molecule has 0 radical (unpaired) electrons. The molecule has 0 aliphatic heterocycles. The van der Waals surface area contributed by atoms with Crippen molar-refractivity contribution in [3.05, 3.63) is 27.9 Å². The molecule has 1 rings (SSSR count). The lowest BCUT2D eigenvalue weighted by atomic mass is 10.2. The van der Waals surface area contributed by atoms with Gasteiger partial charge in [-0.15, -0.1) is 0 Å². The van der Waals surface area contributed by atoms with Crippen LogP contribution in [0.4, 0.5) is 11.5 Å². The standard InChI is InChI=1S/C11H15N3O4/c1-3-5-13(4-2)9-7-12-10(14(17)18)6-8(9)11(15)16/h6-7H,3-5H2,1-2H3,(H,15,16). The van der Waals surface area contributed by atoms with Crippen molar-refractivity contribution >= 4 is 17.5 Å². The molecule has 0 saturated carbocycles. The van der Waals surface area contributed by atoms with Gasteiger partial charge in [-0.1, -0.05) is 6.92 Å². The maximum absolute atomic E-state index is 11.1. The van der Waals surface area contributed by atoms with E-state index < -0.39 is 16.7 Å². The van der Waals surface area contributed by atoms with Crippen molar-refractivity contribution in [2.75, 3.05) is 18.0 Å². The fraction of sp³-hybridized carbons (Fsp3) is 0.455. The third-order valence-corrected chi connectivity index (χ3v) is 2.50. The van der Waals surface area contributed by atoms with E-state index in [1.54, 1.807) is 0 Å². The zero-order valence-corrected chi connectivity index (χ0v) is 10.3. The van der Waals surface area contributed by atoms with Crippen LogP contribution in [0.5, 0.6) is 0 Å². The molecule has 0 bridgehead atoms. The zero-order valence-electron chi connectivity index (χ0n) is 10.3. The predicted octanol–water partition coefficient (Wildman–Crippen LogP) is 1.92. The quantitative estimate of drug-likeness (QED) is 0.614. The van der Waals surface area contributed by atoms with Gasteiger partial charge in [0.25, 0.3) is 0 Å². The Morgan fingerprint density at radius 1 is 1.56 bits per heavy atom. The summed E-state index contributed by atoms with van der Waals surface area (Å²) >= 11 is 0. The molecule has 1 aromatic rings. The summed E-state index contributed by atoms with van der Waals surface area (Å²) in [5, 5.41) is 19.7. The van der Waals surface area contributed by atoms with Gasteiger partial charge in [-0.2, -0.15) is 0 Å². The number of carbonyl (C=O) groups is 1. The number of hydrogen-bond acceptors (Lipinski definition) is 5. The fourth-order valence-corrected chi connectivity index (χ4v) is 1.68.